The molecule has 2 saturated carbocycles. The van der Waals surface area contributed by atoms with E-state index in [4.69, 9.17) is 0 Å². The molecule has 3 rings (SSSR count). The van der Waals surface area contributed by atoms with Crippen LogP contribution in [-0.4, -0.2) is 35.6 Å². The quantitative estimate of drug-likeness (QED) is 0.777. The third-order valence-electron chi connectivity index (χ3n) is 5.93. The van der Waals surface area contributed by atoms with E-state index in [1.807, 2.05) is 0 Å². The zero-order valence-electron chi connectivity index (χ0n) is 12.8. The van der Waals surface area contributed by atoms with Crippen molar-refractivity contribution in [2.45, 2.75) is 95.2 Å². The van der Waals surface area contributed by atoms with Crippen molar-refractivity contribution in [2.24, 2.45) is 0 Å². The normalized spacial score (nSPS) is 34.3. The molecule has 2 nitrogen and oxygen atoms in total. The predicted molar refractivity (Wildman–Crippen MR) is 81.5 cm³/mol. The van der Waals surface area contributed by atoms with Crippen molar-refractivity contribution in [3.8, 4) is 0 Å². The van der Waals surface area contributed by atoms with Crippen molar-refractivity contribution in [1.29, 1.82) is 0 Å². The highest BCUT2D eigenvalue weighted by Crippen LogP contribution is 2.35. The summed E-state index contributed by atoms with van der Waals surface area (Å²) >= 11 is 0. The summed E-state index contributed by atoms with van der Waals surface area (Å²) in [6.07, 6.45) is 16.0. The van der Waals surface area contributed by atoms with Gasteiger partial charge in [0, 0.05) is 30.7 Å². The lowest BCUT2D eigenvalue weighted by molar-refractivity contribution is 0.0399. The van der Waals surface area contributed by atoms with Gasteiger partial charge in [0.1, 0.15) is 0 Å². The molecule has 1 spiro atoms. The average molecular weight is 264 g/mol. The van der Waals surface area contributed by atoms with Crippen LogP contribution in [0.15, 0.2) is 0 Å². The van der Waals surface area contributed by atoms with Crippen molar-refractivity contribution in [3.63, 3.8) is 0 Å². The molecule has 0 aromatic heterocycles. The maximum atomic E-state index is 3.90. The Morgan fingerprint density at radius 1 is 0.895 bits per heavy atom. The van der Waals surface area contributed by atoms with Gasteiger partial charge in [-0.25, -0.2) is 0 Å². The van der Waals surface area contributed by atoms with Crippen molar-refractivity contribution in [3.05, 3.63) is 0 Å². The second-order valence-electron chi connectivity index (χ2n) is 7.39. The first-order valence-electron chi connectivity index (χ1n) is 8.80. The van der Waals surface area contributed by atoms with Gasteiger partial charge in [0.05, 0.1) is 0 Å². The molecule has 0 bridgehead atoms. The standard InChI is InChI=1S/C17H32N2/c1-15-13-18-17(11-7-8-12-17)14-19(15)16-9-5-3-2-4-6-10-16/h15-16,18H,2-14H2,1H3. The van der Waals surface area contributed by atoms with Crippen LogP contribution in [0.1, 0.15) is 77.6 Å². The van der Waals surface area contributed by atoms with Crippen LogP contribution >= 0.6 is 0 Å². The molecule has 3 aliphatic rings. The van der Waals surface area contributed by atoms with E-state index in [0.29, 0.717) is 5.54 Å². The predicted octanol–water partition coefficient (Wildman–Crippen LogP) is 3.71. The minimum absolute atomic E-state index is 0.495. The Morgan fingerprint density at radius 3 is 2.21 bits per heavy atom. The van der Waals surface area contributed by atoms with E-state index >= 15 is 0 Å². The molecule has 0 aromatic rings. The molecule has 1 aliphatic heterocycles. The van der Waals surface area contributed by atoms with Gasteiger partial charge in [-0.05, 0) is 32.6 Å². The fourth-order valence-electron chi connectivity index (χ4n) is 4.68. The van der Waals surface area contributed by atoms with E-state index in [0.717, 1.165) is 12.1 Å². The molecular formula is C17H32N2. The number of nitrogens with one attached hydrogen (secondary N) is 1. The monoisotopic (exact) mass is 264 g/mol. The summed E-state index contributed by atoms with van der Waals surface area (Å²) in [5, 5.41) is 3.90. The number of nitrogens with zero attached hydrogens (tertiary/aromatic N) is 1. The van der Waals surface area contributed by atoms with Gasteiger partial charge >= 0.3 is 0 Å². The van der Waals surface area contributed by atoms with E-state index in [1.54, 1.807) is 0 Å². The molecule has 1 heterocycles. The van der Waals surface area contributed by atoms with Gasteiger partial charge in [0.2, 0.25) is 0 Å². The van der Waals surface area contributed by atoms with Gasteiger partial charge in [-0.3, -0.25) is 4.90 Å². The first-order valence-corrected chi connectivity index (χ1v) is 8.80. The molecule has 0 aromatic carbocycles. The zero-order valence-corrected chi connectivity index (χ0v) is 12.8. The molecule has 19 heavy (non-hydrogen) atoms. The molecule has 1 saturated heterocycles. The maximum Gasteiger partial charge on any atom is 0.0309 e. The Hall–Kier alpha value is -0.0800. The first-order chi connectivity index (χ1) is 9.29. The van der Waals surface area contributed by atoms with E-state index in [2.05, 4.69) is 17.1 Å². The third-order valence-corrected chi connectivity index (χ3v) is 5.93. The number of hydrogen-bond donors (Lipinski definition) is 1. The SMILES string of the molecule is CC1CNC2(CCCC2)CN1C1CCCCCCC1. The summed E-state index contributed by atoms with van der Waals surface area (Å²) in [5.74, 6) is 0. The Labute approximate surface area is 119 Å². The van der Waals surface area contributed by atoms with E-state index in [9.17, 15) is 0 Å². The van der Waals surface area contributed by atoms with Gasteiger partial charge in [-0.1, -0.05) is 44.9 Å². The highest BCUT2D eigenvalue weighted by molar-refractivity contribution is 5.01. The minimum atomic E-state index is 0.495. The summed E-state index contributed by atoms with van der Waals surface area (Å²) in [6, 6.07) is 1.63. The van der Waals surface area contributed by atoms with Crippen LogP contribution < -0.4 is 5.32 Å². The molecule has 2 aliphatic carbocycles. The van der Waals surface area contributed by atoms with Crippen LogP contribution in [-0.2, 0) is 0 Å². The molecule has 1 unspecified atom stereocenters. The summed E-state index contributed by atoms with van der Waals surface area (Å²) in [4.78, 5) is 2.90. The highest BCUT2D eigenvalue weighted by Gasteiger charge is 2.41. The fraction of sp³-hybridized carbons (Fsp3) is 1.00. The van der Waals surface area contributed by atoms with Crippen LogP contribution in [0.4, 0.5) is 0 Å². The number of piperazine rings is 1. The van der Waals surface area contributed by atoms with Crippen LogP contribution in [0.3, 0.4) is 0 Å². The molecule has 2 heteroatoms. The topological polar surface area (TPSA) is 15.3 Å². The summed E-state index contributed by atoms with van der Waals surface area (Å²) in [6.45, 7) is 4.99. The second-order valence-corrected chi connectivity index (χ2v) is 7.39. The molecular weight excluding hydrogens is 232 g/mol. The van der Waals surface area contributed by atoms with Crippen molar-refractivity contribution in [1.82, 2.24) is 10.2 Å². The lowest BCUT2D eigenvalue weighted by atomic mass is 9.88. The smallest absolute Gasteiger partial charge is 0.0309 e. The van der Waals surface area contributed by atoms with E-state index in [1.165, 1.54) is 83.7 Å². The maximum absolute atomic E-state index is 3.90. The third kappa shape index (κ3) is 3.16. The van der Waals surface area contributed by atoms with Gasteiger partial charge in [-0.15, -0.1) is 0 Å². The lowest BCUT2D eigenvalue weighted by Crippen LogP contribution is -2.64. The van der Waals surface area contributed by atoms with Gasteiger partial charge in [-0.2, -0.15) is 0 Å². The Kier molecular flexibility index (Phi) is 4.48. The molecule has 110 valence electrons. The van der Waals surface area contributed by atoms with E-state index in [-0.39, 0.29) is 0 Å². The Morgan fingerprint density at radius 2 is 1.53 bits per heavy atom. The second kappa shape index (κ2) is 6.13. The van der Waals surface area contributed by atoms with Crippen LogP contribution in [0.2, 0.25) is 0 Å². The highest BCUT2D eigenvalue weighted by atomic mass is 15.3. The molecule has 1 atom stereocenters. The van der Waals surface area contributed by atoms with Gasteiger partial charge < -0.3 is 5.32 Å². The molecule has 0 amide bonds. The van der Waals surface area contributed by atoms with Crippen LogP contribution in [0.5, 0.6) is 0 Å². The summed E-state index contributed by atoms with van der Waals surface area (Å²) < 4.78 is 0. The lowest BCUT2D eigenvalue weighted by Gasteiger charge is -2.49. The average Bonchev–Trinajstić information content (AvgIpc) is 2.81. The van der Waals surface area contributed by atoms with E-state index < -0.39 is 0 Å². The van der Waals surface area contributed by atoms with Crippen molar-refractivity contribution in [2.75, 3.05) is 13.1 Å². The van der Waals surface area contributed by atoms with Crippen molar-refractivity contribution < 1.29 is 0 Å². The molecule has 1 N–H and O–H groups in total. The van der Waals surface area contributed by atoms with Crippen LogP contribution in [0, 0.1) is 0 Å². The largest absolute Gasteiger partial charge is 0.308 e. The first kappa shape index (κ1) is 13.9. The fourth-order valence-corrected chi connectivity index (χ4v) is 4.68. The van der Waals surface area contributed by atoms with Crippen LogP contribution in [0.25, 0.3) is 0 Å². The van der Waals surface area contributed by atoms with Gasteiger partial charge in [0.25, 0.3) is 0 Å². The Bertz CT molecular complexity index is 275. The number of rotatable bonds is 1. The van der Waals surface area contributed by atoms with Gasteiger partial charge in [0.15, 0.2) is 0 Å². The summed E-state index contributed by atoms with van der Waals surface area (Å²) in [7, 11) is 0. The van der Waals surface area contributed by atoms with Crippen molar-refractivity contribution >= 4 is 0 Å². The zero-order chi connectivity index (χ0) is 13.1. The minimum Gasteiger partial charge on any atom is -0.308 e. The molecule has 3 fully saturated rings. The Balaban J connectivity index is 1.65. The number of hydrogen-bond acceptors (Lipinski definition) is 2. The summed E-state index contributed by atoms with van der Waals surface area (Å²) in [5.41, 5.74) is 0.495. The molecule has 0 radical (unpaired) electrons.